The third-order valence-electron chi connectivity index (χ3n) is 5.12. The Morgan fingerprint density at radius 1 is 1.12 bits per heavy atom. The van der Waals surface area contributed by atoms with E-state index < -0.39 is 0 Å². The van der Waals surface area contributed by atoms with Crippen molar-refractivity contribution in [2.75, 3.05) is 19.6 Å². The lowest BCUT2D eigenvalue weighted by atomic mass is 9.71. The number of carbonyl (C=O) groups excluding carboxylic acids is 1. The van der Waals surface area contributed by atoms with Crippen LogP contribution in [0.2, 0.25) is 0 Å². The fourth-order valence-corrected chi connectivity index (χ4v) is 3.47. The molecule has 2 unspecified atom stereocenters. The van der Waals surface area contributed by atoms with Crippen molar-refractivity contribution in [1.82, 2.24) is 4.90 Å². The summed E-state index contributed by atoms with van der Waals surface area (Å²) >= 11 is 0. The van der Waals surface area contributed by atoms with Crippen LogP contribution in [-0.2, 0) is 4.79 Å². The van der Waals surface area contributed by atoms with E-state index in [1.165, 1.54) is 32.2 Å². The SMILES string of the molecule is CC1CCC(C=O)(CN2CC(C)C(C)C2)CC1. The molecule has 1 aliphatic heterocycles. The van der Waals surface area contributed by atoms with Gasteiger partial charge in [-0.1, -0.05) is 20.8 Å². The van der Waals surface area contributed by atoms with Gasteiger partial charge < -0.3 is 9.69 Å². The molecule has 0 spiro atoms. The Morgan fingerprint density at radius 3 is 2.12 bits per heavy atom. The Balaban J connectivity index is 1.94. The van der Waals surface area contributed by atoms with Crippen molar-refractivity contribution in [2.45, 2.75) is 46.5 Å². The Kier molecular flexibility index (Phi) is 3.92. The second-order valence-corrected chi connectivity index (χ2v) is 6.81. The average molecular weight is 237 g/mol. The Morgan fingerprint density at radius 2 is 1.65 bits per heavy atom. The van der Waals surface area contributed by atoms with E-state index in [0.29, 0.717) is 0 Å². The molecule has 0 aromatic rings. The summed E-state index contributed by atoms with van der Waals surface area (Å²) in [4.78, 5) is 14.0. The van der Waals surface area contributed by atoms with E-state index in [2.05, 4.69) is 25.7 Å². The summed E-state index contributed by atoms with van der Waals surface area (Å²) in [6.07, 6.45) is 5.95. The molecule has 98 valence electrons. The first-order valence-electron chi connectivity index (χ1n) is 7.23. The minimum absolute atomic E-state index is 0.0176. The predicted molar refractivity (Wildman–Crippen MR) is 70.9 cm³/mol. The molecule has 2 aliphatic rings. The van der Waals surface area contributed by atoms with Crippen LogP contribution in [0.15, 0.2) is 0 Å². The van der Waals surface area contributed by atoms with Crippen LogP contribution in [0.4, 0.5) is 0 Å². The average Bonchev–Trinajstić information content (AvgIpc) is 2.62. The van der Waals surface area contributed by atoms with Crippen molar-refractivity contribution in [3.05, 3.63) is 0 Å². The van der Waals surface area contributed by atoms with E-state index in [1.807, 2.05) is 0 Å². The summed E-state index contributed by atoms with van der Waals surface area (Å²) in [5.74, 6) is 2.40. The first-order valence-corrected chi connectivity index (χ1v) is 7.23. The molecule has 2 nitrogen and oxygen atoms in total. The van der Waals surface area contributed by atoms with Gasteiger partial charge in [0.25, 0.3) is 0 Å². The first kappa shape index (κ1) is 13.1. The molecule has 0 bridgehead atoms. The minimum atomic E-state index is -0.0176. The Hall–Kier alpha value is -0.370. The second kappa shape index (κ2) is 5.09. The topological polar surface area (TPSA) is 20.3 Å². The summed E-state index contributed by atoms with van der Waals surface area (Å²) in [6.45, 7) is 10.4. The van der Waals surface area contributed by atoms with Gasteiger partial charge in [0.1, 0.15) is 6.29 Å². The van der Waals surface area contributed by atoms with E-state index in [9.17, 15) is 4.79 Å². The molecule has 0 radical (unpaired) electrons. The van der Waals surface area contributed by atoms with Crippen LogP contribution < -0.4 is 0 Å². The van der Waals surface area contributed by atoms with Gasteiger partial charge in [-0.2, -0.15) is 0 Å². The zero-order valence-electron chi connectivity index (χ0n) is 11.6. The third-order valence-corrected chi connectivity index (χ3v) is 5.12. The minimum Gasteiger partial charge on any atom is -0.303 e. The standard InChI is InChI=1S/C15H27NO/c1-12-4-6-15(11-17,7-5-12)10-16-8-13(2)14(3)9-16/h11-14H,4-10H2,1-3H3. The molecule has 1 aliphatic carbocycles. The summed E-state index contributed by atoms with van der Waals surface area (Å²) in [7, 11) is 0. The van der Waals surface area contributed by atoms with Crippen LogP contribution in [0.1, 0.15) is 46.5 Å². The fraction of sp³-hybridized carbons (Fsp3) is 0.933. The highest BCUT2D eigenvalue weighted by molar-refractivity contribution is 5.60. The molecular weight excluding hydrogens is 210 g/mol. The molecule has 2 rings (SSSR count). The normalized spacial score (nSPS) is 43.8. The van der Waals surface area contributed by atoms with E-state index in [4.69, 9.17) is 0 Å². The van der Waals surface area contributed by atoms with Gasteiger partial charge >= 0.3 is 0 Å². The van der Waals surface area contributed by atoms with Crippen molar-refractivity contribution in [2.24, 2.45) is 23.2 Å². The number of rotatable bonds is 3. The maximum absolute atomic E-state index is 11.5. The second-order valence-electron chi connectivity index (χ2n) is 6.81. The van der Waals surface area contributed by atoms with Crippen LogP contribution in [0, 0.1) is 23.2 Å². The first-order chi connectivity index (χ1) is 8.04. The van der Waals surface area contributed by atoms with E-state index in [-0.39, 0.29) is 5.41 Å². The van der Waals surface area contributed by atoms with Gasteiger partial charge in [0.2, 0.25) is 0 Å². The quantitative estimate of drug-likeness (QED) is 0.703. The number of nitrogens with zero attached hydrogens (tertiary/aromatic N) is 1. The Bertz CT molecular complexity index is 258. The van der Waals surface area contributed by atoms with Crippen molar-refractivity contribution < 1.29 is 4.79 Å². The molecule has 2 fully saturated rings. The van der Waals surface area contributed by atoms with Crippen molar-refractivity contribution in [1.29, 1.82) is 0 Å². The number of likely N-dealkylation sites (tertiary alicyclic amines) is 1. The molecule has 1 saturated carbocycles. The molecule has 0 amide bonds. The fourth-order valence-electron chi connectivity index (χ4n) is 3.47. The number of hydrogen-bond acceptors (Lipinski definition) is 2. The van der Waals surface area contributed by atoms with Crippen molar-refractivity contribution in [3.63, 3.8) is 0 Å². The predicted octanol–water partition coefficient (Wildman–Crippen LogP) is 2.97. The van der Waals surface area contributed by atoms with Crippen molar-refractivity contribution in [3.8, 4) is 0 Å². The monoisotopic (exact) mass is 237 g/mol. The highest BCUT2D eigenvalue weighted by Crippen LogP contribution is 2.39. The third kappa shape index (κ3) is 2.90. The summed E-state index contributed by atoms with van der Waals surface area (Å²) < 4.78 is 0. The van der Waals surface area contributed by atoms with E-state index in [0.717, 1.165) is 37.1 Å². The summed E-state index contributed by atoms with van der Waals surface area (Å²) in [5.41, 5.74) is -0.0176. The smallest absolute Gasteiger partial charge is 0.127 e. The van der Waals surface area contributed by atoms with Gasteiger partial charge in [0, 0.05) is 25.0 Å². The number of hydrogen-bond donors (Lipinski definition) is 0. The van der Waals surface area contributed by atoms with E-state index >= 15 is 0 Å². The lowest BCUT2D eigenvalue weighted by Crippen LogP contribution is -2.40. The Labute approximate surface area is 106 Å². The van der Waals surface area contributed by atoms with Gasteiger partial charge in [0.05, 0.1) is 0 Å². The molecule has 0 aromatic carbocycles. The molecule has 1 saturated heterocycles. The molecule has 0 aromatic heterocycles. The molecule has 17 heavy (non-hydrogen) atoms. The van der Waals surface area contributed by atoms with Gasteiger partial charge in [-0.15, -0.1) is 0 Å². The van der Waals surface area contributed by atoms with Gasteiger partial charge in [-0.05, 0) is 43.4 Å². The lowest BCUT2D eigenvalue weighted by molar-refractivity contribution is -0.119. The van der Waals surface area contributed by atoms with Crippen molar-refractivity contribution >= 4 is 6.29 Å². The van der Waals surface area contributed by atoms with Crippen LogP contribution in [0.3, 0.4) is 0 Å². The molecule has 2 atom stereocenters. The zero-order valence-corrected chi connectivity index (χ0v) is 11.6. The maximum atomic E-state index is 11.5. The van der Waals surface area contributed by atoms with Crippen LogP contribution in [0.5, 0.6) is 0 Å². The summed E-state index contributed by atoms with van der Waals surface area (Å²) in [5, 5.41) is 0. The van der Waals surface area contributed by atoms with E-state index in [1.54, 1.807) is 0 Å². The van der Waals surface area contributed by atoms with Gasteiger partial charge in [0.15, 0.2) is 0 Å². The summed E-state index contributed by atoms with van der Waals surface area (Å²) in [6, 6.07) is 0. The van der Waals surface area contributed by atoms with Gasteiger partial charge in [-0.3, -0.25) is 0 Å². The van der Waals surface area contributed by atoms with Crippen LogP contribution in [0.25, 0.3) is 0 Å². The number of carbonyl (C=O) groups is 1. The van der Waals surface area contributed by atoms with Crippen LogP contribution in [-0.4, -0.2) is 30.8 Å². The highest BCUT2D eigenvalue weighted by Gasteiger charge is 2.38. The number of aldehydes is 1. The highest BCUT2D eigenvalue weighted by atomic mass is 16.1. The molecule has 1 heterocycles. The maximum Gasteiger partial charge on any atom is 0.127 e. The largest absolute Gasteiger partial charge is 0.303 e. The zero-order chi connectivity index (χ0) is 12.5. The van der Waals surface area contributed by atoms with Gasteiger partial charge in [-0.25, -0.2) is 0 Å². The van der Waals surface area contributed by atoms with Crippen LogP contribution >= 0.6 is 0 Å². The lowest BCUT2D eigenvalue weighted by Gasteiger charge is -2.37. The molecule has 0 N–H and O–H groups in total. The molecule has 2 heteroatoms. The molecular formula is C15H27NO.